The van der Waals surface area contributed by atoms with Gasteiger partial charge in [-0.3, -0.25) is 9.29 Å². The molecule has 0 aromatic heterocycles. The first-order chi connectivity index (χ1) is 18.5. The molecule has 39 heavy (non-hydrogen) atoms. The predicted molar refractivity (Wildman–Crippen MR) is 149 cm³/mol. The largest absolute Gasteiger partial charge is 0.508 e. The van der Waals surface area contributed by atoms with Crippen molar-refractivity contribution in [1.82, 2.24) is 4.90 Å². The van der Waals surface area contributed by atoms with Gasteiger partial charge in [-0.2, -0.15) is 4.39 Å². The first-order valence-corrected chi connectivity index (χ1v) is 13.1. The van der Waals surface area contributed by atoms with Crippen LogP contribution in [0.25, 0.3) is 11.1 Å². The summed E-state index contributed by atoms with van der Waals surface area (Å²) >= 11 is 0. The van der Waals surface area contributed by atoms with Crippen molar-refractivity contribution >= 4 is 11.1 Å². The highest BCUT2D eigenvalue weighted by Gasteiger charge is 2.26. The maximum absolute atomic E-state index is 15.3. The van der Waals surface area contributed by atoms with Crippen molar-refractivity contribution in [1.29, 1.82) is 0 Å². The van der Waals surface area contributed by atoms with Gasteiger partial charge in [0.1, 0.15) is 17.6 Å². The molecule has 208 valence electrons. The maximum atomic E-state index is 15.3. The number of nitrogens with zero attached hydrogens (tertiary/aromatic N) is 1. The number of methoxy groups -OCH3 is 1. The Labute approximate surface area is 228 Å². The molecule has 1 atom stereocenters. The molecular formula is C32H36F3NO3. The van der Waals surface area contributed by atoms with E-state index in [-0.39, 0.29) is 37.3 Å². The predicted octanol–water partition coefficient (Wildman–Crippen LogP) is 7.42. The van der Waals surface area contributed by atoms with E-state index in [1.807, 2.05) is 30.3 Å². The van der Waals surface area contributed by atoms with E-state index in [9.17, 15) is 13.9 Å². The van der Waals surface area contributed by atoms with E-state index in [2.05, 4.69) is 4.90 Å². The number of aromatic hydroxyl groups is 1. The Hall–Kier alpha value is -3.45. The SMILES string of the molecule is C.COc1ccc(C2=C(c3ccc(O[C@H]4CCN(CCCF)C4)cc3)c3ccc(O)cc3CCC2)c(F)c1F. The molecule has 1 N–H and O–H groups in total. The van der Waals surface area contributed by atoms with Crippen LogP contribution < -0.4 is 9.47 Å². The fraction of sp³-hybridized carbons (Fsp3) is 0.375. The topological polar surface area (TPSA) is 41.9 Å². The molecule has 5 rings (SSSR count). The van der Waals surface area contributed by atoms with Crippen molar-refractivity contribution in [2.45, 2.75) is 45.6 Å². The highest BCUT2D eigenvalue weighted by molar-refractivity contribution is 6.00. The number of alkyl halides is 1. The Kier molecular flexibility index (Phi) is 9.23. The second-order valence-electron chi connectivity index (χ2n) is 9.89. The van der Waals surface area contributed by atoms with Gasteiger partial charge in [0.25, 0.3) is 0 Å². The van der Waals surface area contributed by atoms with Crippen LogP contribution in [0.1, 0.15) is 55.4 Å². The number of hydrogen-bond donors (Lipinski definition) is 1. The van der Waals surface area contributed by atoms with E-state index in [1.165, 1.54) is 13.2 Å². The molecule has 1 heterocycles. The number of halogens is 3. The summed E-state index contributed by atoms with van der Waals surface area (Å²) in [5.41, 5.74) is 4.43. The number of aryl methyl sites for hydroxylation is 1. The van der Waals surface area contributed by atoms with Crippen LogP contribution in [0.5, 0.6) is 17.2 Å². The van der Waals surface area contributed by atoms with E-state index in [4.69, 9.17) is 9.47 Å². The summed E-state index contributed by atoms with van der Waals surface area (Å²) < 4.78 is 53.8. The van der Waals surface area contributed by atoms with Crippen molar-refractivity contribution in [2.75, 3.05) is 33.4 Å². The molecule has 4 nitrogen and oxygen atoms in total. The normalized spacial score (nSPS) is 17.4. The fourth-order valence-electron chi connectivity index (χ4n) is 5.57. The molecule has 1 saturated heterocycles. The Morgan fingerprint density at radius 3 is 2.49 bits per heavy atom. The van der Waals surface area contributed by atoms with E-state index in [0.717, 1.165) is 60.5 Å². The van der Waals surface area contributed by atoms with Crippen LogP contribution >= 0.6 is 0 Å². The molecule has 1 aliphatic carbocycles. The zero-order valence-electron chi connectivity index (χ0n) is 21.5. The lowest BCUT2D eigenvalue weighted by Gasteiger charge is -2.19. The van der Waals surface area contributed by atoms with Crippen LogP contribution in [0.3, 0.4) is 0 Å². The van der Waals surface area contributed by atoms with Gasteiger partial charge in [-0.25, -0.2) is 4.39 Å². The van der Waals surface area contributed by atoms with Crippen molar-refractivity contribution in [3.05, 3.63) is 88.5 Å². The number of fused-ring (bicyclic) bond motifs is 1. The van der Waals surface area contributed by atoms with Crippen molar-refractivity contribution in [2.24, 2.45) is 0 Å². The van der Waals surface area contributed by atoms with Crippen LogP contribution in [0.2, 0.25) is 0 Å². The summed E-state index contributed by atoms with van der Waals surface area (Å²) in [5.74, 6) is -1.17. The van der Waals surface area contributed by atoms with Crippen molar-refractivity contribution < 1.29 is 27.8 Å². The number of benzene rings is 3. The average molecular weight is 540 g/mol. The van der Waals surface area contributed by atoms with Crippen LogP contribution in [-0.2, 0) is 6.42 Å². The Bertz CT molecular complexity index is 1320. The Balaban J connectivity index is 0.00000353. The van der Waals surface area contributed by atoms with Gasteiger partial charge in [-0.1, -0.05) is 25.6 Å². The molecule has 2 aliphatic rings. The Morgan fingerprint density at radius 1 is 0.974 bits per heavy atom. The summed E-state index contributed by atoms with van der Waals surface area (Å²) in [6, 6.07) is 15.9. The summed E-state index contributed by atoms with van der Waals surface area (Å²) in [7, 11) is 1.31. The molecule has 0 unspecified atom stereocenters. The van der Waals surface area contributed by atoms with Gasteiger partial charge in [0, 0.05) is 25.2 Å². The molecule has 0 bridgehead atoms. The van der Waals surface area contributed by atoms with Gasteiger partial charge in [0.2, 0.25) is 5.82 Å². The third kappa shape index (κ3) is 6.09. The third-order valence-corrected chi connectivity index (χ3v) is 7.41. The molecular weight excluding hydrogens is 503 g/mol. The van der Waals surface area contributed by atoms with Crippen LogP contribution in [0.15, 0.2) is 54.6 Å². The van der Waals surface area contributed by atoms with Gasteiger partial charge < -0.3 is 14.6 Å². The molecule has 7 heteroatoms. The van der Waals surface area contributed by atoms with Crippen molar-refractivity contribution in [3.63, 3.8) is 0 Å². The third-order valence-electron chi connectivity index (χ3n) is 7.41. The van der Waals surface area contributed by atoms with Gasteiger partial charge in [-0.05, 0) is 96.3 Å². The van der Waals surface area contributed by atoms with Crippen molar-refractivity contribution in [3.8, 4) is 17.2 Å². The minimum atomic E-state index is -1.01. The van der Waals surface area contributed by atoms with Gasteiger partial charge >= 0.3 is 0 Å². The van der Waals surface area contributed by atoms with E-state index in [1.54, 1.807) is 18.2 Å². The number of allylic oxidation sites excluding steroid dienone is 1. The zero-order valence-corrected chi connectivity index (χ0v) is 21.5. The molecule has 1 fully saturated rings. The zero-order chi connectivity index (χ0) is 26.6. The number of phenols is 1. The number of ether oxygens (including phenoxy) is 2. The highest BCUT2D eigenvalue weighted by Crippen LogP contribution is 2.42. The summed E-state index contributed by atoms with van der Waals surface area (Å²) in [6.07, 6.45) is 3.46. The average Bonchev–Trinajstić information content (AvgIpc) is 3.28. The summed E-state index contributed by atoms with van der Waals surface area (Å²) in [5, 5.41) is 10.1. The number of rotatable bonds is 8. The minimum Gasteiger partial charge on any atom is -0.508 e. The quantitative estimate of drug-likeness (QED) is 0.323. The summed E-state index contributed by atoms with van der Waals surface area (Å²) in [6.45, 7) is 2.10. The first kappa shape index (κ1) is 28.6. The second-order valence-corrected chi connectivity index (χ2v) is 9.89. The number of hydrogen-bond acceptors (Lipinski definition) is 4. The molecule has 3 aromatic rings. The van der Waals surface area contributed by atoms with Crippen LogP contribution in [-0.4, -0.2) is 49.5 Å². The molecule has 0 spiro atoms. The lowest BCUT2D eigenvalue weighted by Crippen LogP contribution is -2.26. The second kappa shape index (κ2) is 12.6. The molecule has 3 aromatic carbocycles. The molecule has 0 radical (unpaired) electrons. The first-order valence-electron chi connectivity index (χ1n) is 13.1. The monoisotopic (exact) mass is 539 g/mol. The lowest BCUT2D eigenvalue weighted by molar-refractivity contribution is 0.198. The summed E-state index contributed by atoms with van der Waals surface area (Å²) in [4.78, 5) is 2.22. The standard InChI is InChI=1S/C31H32F3NO3.CH4/c1-37-28-13-12-27(30(33)31(28)34)26-5-2-4-21-18-22(36)8-11-25(21)29(26)20-6-9-23(10-7-20)38-24-14-17-35(19-24)16-3-15-32;/h6-13,18,24,36H,2-5,14-17,19H2,1H3;1H4/t24-;/m0./s1. The van der Waals surface area contributed by atoms with Gasteiger partial charge in [0.05, 0.1) is 13.8 Å². The molecule has 0 amide bonds. The van der Waals surface area contributed by atoms with E-state index < -0.39 is 11.6 Å². The lowest BCUT2D eigenvalue weighted by atomic mass is 9.87. The number of likely N-dealkylation sites (tertiary alicyclic amines) is 1. The van der Waals surface area contributed by atoms with Crippen LogP contribution in [0, 0.1) is 11.6 Å². The smallest absolute Gasteiger partial charge is 0.201 e. The van der Waals surface area contributed by atoms with Gasteiger partial charge in [-0.15, -0.1) is 0 Å². The molecule has 1 aliphatic heterocycles. The fourth-order valence-corrected chi connectivity index (χ4v) is 5.57. The molecule has 0 saturated carbocycles. The van der Waals surface area contributed by atoms with E-state index >= 15 is 4.39 Å². The van der Waals surface area contributed by atoms with E-state index in [0.29, 0.717) is 24.8 Å². The Morgan fingerprint density at radius 2 is 1.74 bits per heavy atom. The van der Waals surface area contributed by atoms with Gasteiger partial charge in [0.15, 0.2) is 11.6 Å². The minimum absolute atomic E-state index is 0. The highest BCUT2D eigenvalue weighted by atomic mass is 19.2. The number of phenolic OH excluding ortho intramolecular Hbond substituents is 1. The maximum Gasteiger partial charge on any atom is 0.201 e. The van der Waals surface area contributed by atoms with Crippen LogP contribution in [0.4, 0.5) is 13.2 Å².